The van der Waals surface area contributed by atoms with Crippen LogP contribution in [0.2, 0.25) is 0 Å². The fourth-order valence-electron chi connectivity index (χ4n) is 2.55. The lowest BCUT2D eigenvalue weighted by Gasteiger charge is -2.16. The Bertz CT molecular complexity index is 400. The van der Waals surface area contributed by atoms with Gasteiger partial charge in [-0.25, -0.2) is 0 Å². The molecule has 1 N–H and O–H groups in total. The Kier molecular flexibility index (Phi) is 2.20. The van der Waals surface area contributed by atoms with Gasteiger partial charge in [0.1, 0.15) is 5.82 Å². The molecule has 0 aliphatic heterocycles. The summed E-state index contributed by atoms with van der Waals surface area (Å²) in [5, 5.41) is 7.05. The molecular weight excluding hydrogens is 206 g/mol. The van der Waals surface area contributed by atoms with Gasteiger partial charge < -0.3 is 4.57 Å². The maximum atomic E-state index is 5.25. The second kappa shape index (κ2) is 3.44. The summed E-state index contributed by atoms with van der Waals surface area (Å²) in [7, 11) is 0. The molecule has 2 saturated carbocycles. The van der Waals surface area contributed by atoms with E-state index in [2.05, 4.69) is 14.8 Å². The molecule has 0 bridgehead atoms. The lowest BCUT2D eigenvalue weighted by molar-refractivity contribution is 0.344. The quantitative estimate of drug-likeness (QED) is 0.796. The van der Waals surface area contributed by atoms with Crippen LogP contribution in [0, 0.1) is 29.4 Å². The van der Waals surface area contributed by atoms with E-state index < -0.39 is 0 Å². The van der Waals surface area contributed by atoms with Crippen molar-refractivity contribution in [1.82, 2.24) is 14.8 Å². The van der Waals surface area contributed by atoms with E-state index >= 15 is 0 Å². The van der Waals surface area contributed by atoms with Gasteiger partial charge in [-0.2, -0.15) is 5.10 Å². The fourth-order valence-corrected chi connectivity index (χ4v) is 2.81. The Morgan fingerprint density at radius 1 is 1.40 bits per heavy atom. The smallest absolute Gasteiger partial charge is 0.195 e. The summed E-state index contributed by atoms with van der Waals surface area (Å²) in [6, 6.07) is 0. The van der Waals surface area contributed by atoms with Crippen LogP contribution in [-0.4, -0.2) is 14.8 Å². The number of aromatic nitrogens is 3. The van der Waals surface area contributed by atoms with E-state index in [0.29, 0.717) is 0 Å². The summed E-state index contributed by atoms with van der Waals surface area (Å²) in [5.41, 5.74) is 0. The van der Waals surface area contributed by atoms with Crippen molar-refractivity contribution in [2.24, 2.45) is 17.8 Å². The molecule has 0 atom stereocenters. The van der Waals surface area contributed by atoms with Crippen LogP contribution >= 0.6 is 12.2 Å². The van der Waals surface area contributed by atoms with Crippen molar-refractivity contribution in [3.05, 3.63) is 10.6 Å². The molecule has 1 aromatic rings. The van der Waals surface area contributed by atoms with Gasteiger partial charge in [0.05, 0.1) is 0 Å². The molecular formula is C11H17N3S. The Morgan fingerprint density at radius 2 is 2.00 bits per heavy atom. The molecule has 0 unspecified atom stereocenters. The Hall–Kier alpha value is -0.640. The number of nitrogens with zero attached hydrogens (tertiary/aromatic N) is 2. The highest BCUT2D eigenvalue weighted by molar-refractivity contribution is 7.71. The van der Waals surface area contributed by atoms with Crippen molar-refractivity contribution in [3.8, 4) is 0 Å². The molecule has 3 rings (SSSR count). The van der Waals surface area contributed by atoms with Gasteiger partial charge in [0.15, 0.2) is 4.77 Å². The molecule has 1 aromatic heterocycles. The monoisotopic (exact) mass is 223 g/mol. The van der Waals surface area contributed by atoms with E-state index in [0.717, 1.165) is 34.9 Å². The highest BCUT2D eigenvalue weighted by Crippen LogP contribution is 2.49. The number of rotatable bonds is 4. The van der Waals surface area contributed by atoms with Gasteiger partial charge in [0.2, 0.25) is 0 Å². The van der Waals surface area contributed by atoms with Gasteiger partial charge in [-0.05, 0) is 62.6 Å². The molecule has 1 heterocycles. The molecule has 4 heteroatoms. The van der Waals surface area contributed by atoms with Crippen LogP contribution in [0.5, 0.6) is 0 Å². The van der Waals surface area contributed by atoms with Crippen molar-refractivity contribution in [2.75, 3.05) is 0 Å². The Labute approximate surface area is 94.9 Å². The SMILES string of the molecule is Cc1n[nH]c(=S)n1CC(C1CC1)C1CC1. The largest absolute Gasteiger partial charge is 0.304 e. The van der Waals surface area contributed by atoms with Crippen molar-refractivity contribution >= 4 is 12.2 Å². The van der Waals surface area contributed by atoms with E-state index in [1.54, 1.807) is 0 Å². The summed E-state index contributed by atoms with van der Waals surface area (Å²) in [5.74, 6) is 3.86. The van der Waals surface area contributed by atoms with Crippen LogP contribution in [0.1, 0.15) is 31.5 Å². The average Bonchev–Trinajstić information content (AvgIpc) is 3.09. The standard InChI is InChI=1S/C11H17N3S/c1-7-12-13-11(15)14(7)6-10(8-2-3-8)9-4-5-9/h8-10H,2-6H2,1H3,(H,13,15). The minimum atomic E-state index is 0.791. The van der Waals surface area contributed by atoms with Crippen molar-refractivity contribution in [2.45, 2.75) is 39.2 Å². The number of H-pyrrole nitrogens is 1. The second-order valence-electron chi connectivity index (χ2n) is 5.03. The van der Waals surface area contributed by atoms with Crippen LogP contribution in [0.4, 0.5) is 0 Å². The average molecular weight is 223 g/mol. The van der Waals surface area contributed by atoms with Crippen molar-refractivity contribution < 1.29 is 0 Å². The van der Waals surface area contributed by atoms with Crippen LogP contribution < -0.4 is 0 Å². The topological polar surface area (TPSA) is 33.6 Å². The highest BCUT2D eigenvalue weighted by Gasteiger charge is 2.41. The van der Waals surface area contributed by atoms with Gasteiger partial charge in [-0.3, -0.25) is 5.10 Å². The number of nitrogens with one attached hydrogen (secondary N) is 1. The van der Waals surface area contributed by atoms with Crippen LogP contribution in [0.25, 0.3) is 0 Å². The maximum Gasteiger partial charge on any atom is 0.195 e. The summed E-state index contributed by atoms with van der Waals surface area (Å²) >= 11 is 5.25. The fraction of sp³-hybridized carbons (Fsp3) is 0.818. The third-order valence-electron chi connectivity index (χ3n) is 3.80. The van der Waals surface area contributed by atoms with Crippen LogP contribution in [-0.2, 0) is 6.54 Å². The lowest BCUT2D eigenvalue weighted by Crippen LogP contribution is -2.16. The van der Waals surface area contributed by atoms with Gasteiger partial charge >= 0.3 is 0 Å². The predicted molar refractivity (Wildman–Crippen MR) is 61.1 cm³/mol. The zero-order valence-electron chi connectivity index (χ0n) is 9.07. The summed E-state index contributed by atoms with van der Waals surface area (Å²) in [6.45, 7) is 3.12. The van der Waals surface area contributed by atoms with Crippen LogP contribution in [0.3, 0.4) is 0 Å². The minimum absolute atomic E-state index is 0.791. The van der Waals surface area contributed by atoms with E-state index in [9.17, 15) is 0 Å². The molecule has 0 spiro atoms. The molecule has 0 aromatic carbocycles. The molecule has 2 fully saturated rings. The van der Waals surface area contributed by atoms with Gasteiger partial charge in [0.25, 0.3) is 0 Å². The summed E-state index contributed by atoms with van der Waals surface area (Å²) in [6.07, 6.45) is 5.74. The van der Waals surface area contributed by atoms with Crippen molar-refractivity contribution in [1.29, 1.82) is 0 Å². The summed E-state index contributed by atoms with van der Waals surface area (Å²) < 4.78 is 2.97. The molecule has 15 heavy (non-hydrogen) atoms. The first-order valence-corrected chi connectivity index (χ1v) is 6.28. The molecule has 0 radical (unpaired) electrons. The van der Waals surface area contributed by atoms with E-state index in [1.165, 1.54) is 25.7 Å². The summed E-state index contributed by atoms with van der Waals surface area (Å²) in [4.78, 5) is 0. The number of aryl methyl sites for hydroxylation is 1. The van der Waals surface area contributed by atoms with Crippen LogP contribution in [0.15, 0.2) is 0 Å². The molecule has 0 amide bonds. The molecule has 2 aliphatic rings. The van der Waals surface area contributed by atoms with Gasteiger partial charge in [0, 0.05) is 6.54 Å². The van der Waals surface area contributed by atoms with Gasteiger partial charge in [-0.1, -0.05) is 0 Å². The van der Waals surface area contributed by atoms with Crippen molar-refractivity contribution in [3.63, 3.8) is 0 Å². The first kappa shape index (κ1) is 9.58. The second-order valence-corrected chi connectivity index (χ2v) is 5.41. The van der Waals surface area contributed by atoms with Gasteiger partial charge in [-0.15, -0.1) is 0 Å². The first-order valence-electron chi connectivity index (χ1n) is 5.87. The zero-order chi connectivity index (χ0) is 10.4. The first-order chi connectivity index (χ1) is 7.25. The maximum absolute atomic E-state index is 5.25. The Balaban J connectivity index is 1.80. The number of hydrogen-bond donors (Lipinski definition) is 1. The lowest BCUT2D eigenvalue weighted by atomic mass is 9.98. The molecule has 0 saturated heterocycles. The van der Waals surface area contributed by atoms with E-state index in [1.807, 2.05) is 6.92 Å². The normalized spacial score (nSPS) is 21.2. The predicted octanol–water partition coefficient (Wildman–Crippen LogP) is 2.69. The highest BCUT2D eigenvalue weighted by atomic mass is 32.1. The number of aromatic amines is 1. The molecule has 82 valence electrons. The third-order valence-corrected chi connectivity index (χ3v) is 4.11. The molecule has 3 nitrogen and oxygen atoms in total. The Morgan fingerprint density at radius 3 is 2.40 bits per heavy atom. The molecule has 2 aliphatic carbocycles. The zero-order valence-corrected chi connectivity index (χ0v) is 9.89. The van der Waals surface area contributed by atoms with E-state index in [-0.39, 0.29) is 0 Å². The number of hydrogen-bond acceptors (Lipinski definition) is 2. The van der Waals surface area contributed by atoms with E-state index in [4.69, 9.17) is 12.2 Å². The minimum Gasteiger partial charge on any atom is -0.304 e. The third kappa shape index (κ3) is 1.87.